The molecule has 0 aliphatic carbocycles. The molecule has 1 aromatic heterocycles. The minimum atomic E-state index is -2.93. The first-order valence-electron chi connectivity index (χ1n) is 6.38. The number of carbonyl (C=O) groups excluding carboxylic acids is 1. The number of anilines is 1. The van der Waals surface area contributed by atoms with E-state index in [1.54, 1.807) is 0 Å². The molecule has 20 heavy (non-hydrogen) atoms. The molecule has 0 unspecified atom stereocenters. The molecule has 7 heteroatoms. The van der Waals surface area contributed by atoms with Crippen LogP contribution in [0.15, 0.2) is 24.3 Å². The number of nitrogens with one attached hydrogen (secondary N) is 1. The number of fused-ring (bicyclic) bond motifs is 1. The number of carbonyl (C=O) groups is 1. The number of benzene rings is 1. The molecule has 2 heterocycles. The quantitative estimate of drug-likeness (QED) is 0.941. The third-order valence-electron chi connectivity index (χ3n) is 3.34. The maximum atomic E-state index is 11.9. The van der Waals surface area contributed by atoms with Crippen LogP contribution in [0.1, 0.15) is 12.8 Å². The van der Waals surface area contributed by atoms with E-state index in [1.807, 2.05) is 24.3 Å². The summed E-state index contributed by atoms with van der Waals surface area (Å²) < 4.78 is 23.7. The highest BCUT2D eigenvalue weighted by molar-refractivity contribution is 7.91. The van der Waals surface area contributed by atoms with Gasteiger partial charge in [-0.1, -0.05) is 23.5 Å². The number of rotatable bonds is 3. The molecule has 1 aliphatic heterocycles. The van der Waals surface area contributed by atoms with Gasteiger partial charge in [0, 0.05) is 6.42 Å². The van der Waals surface area contributed by atoms with Crippen molar-refractivity contribution in [2.45, 2.75) is 12.8 Å². The molecule has 1 saturated heterocycles. The first kappa shape index (κ1) is 13.5. The van der Waals surface area contributed by atoms with E-state index >= 15 is 0 Å². The minimum absolute atomic E-state index is 0.0608. The largest absolute Gasteiger partial charge is 0.302 e. The zero-order valence-electron chi connectivity index (χ0n) is 10.7. The Morgan fingerprint density at radius 2 is 2.20 bits per heavy atom. The second-order valence-corrected chi connectivity index (χ2v) is 8.27. The SMILES string of the molecule is O=C(C[C@@H]1CCS(=O)(=O)C1)Nc1nc2ccccc2s1. The molecule has 1 aliphatic rings. The van der Waals surface area contributed by atoms with Gasteiger partial charge in [0.05, 0.1) is 21.7 Å². The van der Waals surface area contributed by atoms with Gasteiger partial charge < -0.3 is 5.32 Å². The van der Waals surface area contributed by atoms with Crippen LogP contribution in [0.3, 0.4) is 0 Å². The van der Waals surface area contributed by atoms with Gasteiger partial charge in [-0.3, -0.25) is 4.79 Å². The summed E-state index contributed by atoms with van der Waals surface area (Å²) in [6.07, 6.45) is 0.824. The fraction of sp³-hybridized carbons (Fsp3) is 0.385. The highest BCUT2D eigenvalue weighted by Gasteiger charge is 2.29. The van der Waals surface area contributed by atoms with Crippen LogP contribution < -0.4 is 5.32 Å². The fourth-order valence-corrected chi connectivity index (χ4v) is 5.14. The van der Waals surface area contributed by atoms with Crippen molar-refractivity contribution in [1.82, 2.24) is 4.98 Å². The van der Waals surface area contributed by atoms with E-state index in [9.17, 15) is 13.2 Å². The Balaban J connectivity index is 1.64. The summed E-state index contributed by atoms with van der Waals surface area (Å²) in [6.45, 7) is 0. The predicted octanol–water partition coefficient (Wildman–Crippen LogP) is 2.06. The molecule has 1 fully saturated rings. The van der Waals surface area contributed by atoms with Crippen molar-refractivity contribution in [1.29, 1.82) is 0 Å². The summed E-state index contributed by atoms with van der Waals surface area (Å²) in [4.78, 5) is 16.2. The molecule has 0 bridgehead atoms. The number of nitrogens with zero attached hydrogens (tertiary/aromatic N) is 1. The van der Waals surface area contributed by atoms with Crippen LogP contribution in [0.25, 0.3) is 10.2 Å². The van der Waals surface area contributed by atoms with Crippen LogP contribution in [0.4, 0.5) is 5.13 Å². The molecule has 0 spiro atoms. The summed E-state index contributed by atoms with van der Waals surface area (Å²) in [7, 11) is -2.93. The molecule has 0 saturated carbocycles. The molecule has 3 rings (SSSR count). The molecule has 2 aromatic rings. The van der Waals surface area contributed by atoms with E-state index in [0.29, 0.717) is 11.6 Å². The molecular formula is C13H14N2O3S2. The van der Waals surface area contributed by atoms with Crippen molar-refractivity contribution in [2.75, 3.05) is 16.8 Å². The second kappa shape index (κ2) is 5.14. The van der Waals surface area contributed by atoms with Gasteiger partial charge in [-0.2, -0.15) is 0 Å². The number of hydrogen-bond acceptors (Lipinski definition) is 5. The van der Waals surface area contributed by atoms with Gasteiger partial charge in [-0.05, 0) is 24.5 Å². The van der Waals surface area contributed by atoms with Gasteiger partial charge in [0.15, 0.2) is 15.0 Å². The van der Waals surface area contributed by atoms with Crippen molar-refractivity contribution in [2.24, 2.45) is 5.92 Å². The zero-order chi connectivity index (χ0) is 14.2. The van der Waals surface area contributed by atoms with E-state index in [2.05, 4.69) is 10.3 Å². The lowest BCUT2D eigenvalue weighted by Crippen LogP contribution is -2.17. The van der Waals surface area contributed by atoms with E-state index in [0.717, 1.165) is 10.2 Å². The van der Waals surface area contributed by atoms with Crippen LogP contribution in [0.2, 0.25) is 0 Å². The number of amides is 1. The molecule has 1 atom stereocenters. The van der Waals surface area contributed by atoms with E-state index in [-0.39, 0.29) is 29.8 Å². The maximum absolute atomic E-state index is 11.9. The average Bonchev–Trinajstić information content (AvgIpc) is 2.91. The van der Waals surface area contributed by atoms with Gasteiger partial charge in [0.2, 0.25) is 5.91 Å². The second-order valence-electron chi connectivity index (χ2n) is 5.01. The Kier molecular flexibility index (Phi) is 3.47. The molecule has 1 aromatic carbocycles. The molecule has 1 amide bonds. The highest BCUT2D eigenvalue weighted by atomic mass is 32.2. The van der Waals surface area contributed by atoms with Crippen molar-refractivity contribution in [3.63, 3.8) is 0 Å². The summed E-state index contributed by atoms with van der Waals surface area (Å²) in [5.74, 6) is 0.104. The lowest BCUT2D eigenvalue weighted by Gasteiger charge is -2.06. The van der Waals surface area contributed by atoms with E-state index in [1.165, 1.54) is 11.3 Å². The predicted molar refractivity (Wildman–Crippen MR) is 79.6 cm³/mol. The number of sulfone groups is 1. The normalized spacial score (nSPS) is 21.1. The summed E-state index contributed by atoms with van der Waals surface area (Å²) in [5.41, 5.74) is 0.858. The van der Waals surface area contributed by atoms with E-state index < -0.39 is 9.84 Å². The Labute approximate surface area is 120 Å². The van der Waals surface area contributed by atoms with Crippen LogP contribution in [-0.4, -0.2) is 30.8 Å². The lowest BCUT2D eigenvalue weighted by molar-refractivity contribution is -0.116. The Hall–Kier alpha value is -1.47. The Morgan fingerprint density at radius 1 is 1.40 bits per heavy atom. The molecule has 5 nitrogen and oxygen atoms in total. The topological polar surface area (TPSA) is 76.1 Å². The first-order chi connectivity index (χ1) is 9.52. The monoisotopic (exact) mass is 310 g/mol. The standard InChI is InChI=1S/C13H14N2O3S2/c16-12(7-9-5-6-20(17,18)8-9)15-13-14-10-3-1-2-4-11(10)19-13/h1-4,9H,5-8H2,(H,14,15,16)/t9-/m0/s1. The third-order valence-corrected chi connectivity index (χ3v) is 6.13. The average molecular weight is 310 g/mol. The van der Waals surface area contributed by atoms with Gasteiger partial charge in [0.25, 0.3) is 0 Å². The molecule has 106 valence electrons. The summed E-state index contributed by atoms with van der Waals surface area (Å²) >= 11 is 1.42. The maximum Gasteiger partial charge on any atom is 0.226 e. The van der Waals surface area contributed by atoms with Crippen LogP contribution in [-0.2, 0) is 14.6 Å². The van der Waals surface area contributed by atoms with Crippen molar-refractivity contribution in [3.8, 4) is 0 Å². The smallest absolute Gasteiger partial charge is 0.226 e. The molecular weight excluding hydrogens is 296 g/mol. The fourth-order valence-electron chi connectivity index (χ4n) is 2.39. The van der Waals surface area contributed by atoms with Gasteiger partial charge in [-0.15, -0.1) is 0 Å². The first-order valence-corrected chi connectivity index (χ1v) is 9.01. The van der Waals surface area contributed by atoms with Gasteiger partial charge in [0.1, 0.15) is 0 Å². The lowest BCUT2D eigenvalue weighted by atomic mass is 10.1. The number of para-hydroxylation sites is 1. The molecule has 0 radical (unpaired) electrons. The Bertz CT molecular complexity index is 719. The van der Waals surface area contributed by atoms with Gasteiger partial charge >= 0.3 is 0 Å². The molecule has 1 N–H and O–H groups in total. The number of aromatic nitrogens is 1. The summed E-state index contributed by atoms with van der Waals surface area (Å²) in [6, 6.07) is 7.67. The van der Waals surface area contributed by atoms with Crippen LogP contribution in [0, 0.1) is 5.92 Å². The van der Waals surface area contributed by atoms with Crippen LogP contribution in [0.5, 0.6) is 0 Å². The number of hydrogen-bond donors (Lipinski definition) is 1. The third kappa shape index (κ3) is 2.99. The summed E-state index contributed by atoms with van der Waals surface area (Å²) in [5, 5.41) is 3.33. The Morgan fingerprint density at radius 3 is 2.90 bits per heavy atom. The van der Waals surface area contributed by atoms with E-state index in [4.69, 9.17) is 0 Å². The van der Waals surface area contributed by atoms with Crippen molar-refractivity contribution >= 4 is 42.4 Å². The van der Waals surface area contributed by atoms with Crippen LogP contribution >= 0.6 is 11.3 Å². The number of thiazole rings is 1. The van der Waals surface area contributed by atoms with Gasteiger partial charge in [-0.25, -0.2) is 13.4 Å². The minimum Gasteiger partial charge on any atom is -0.302 e. The highest BCUT2D eigenvalue weighted by Crippen LogP contribution is 2.26. The van der Waals surface area contributed by atoms with Crippen molar-refractivity contribution in [3.05, 3.63) is 24.3 Å². The zero-order valence-corrected chi connectivity index (χ0v) is 12.3. The van der Waals surface area contributed by atoms with Crippen molar-refractivity contribution < 1.29 is 13.2 Å².